The van der Waals surface area contributed by atoms with Crippen LogP contribution in [0.3, 0.4) is 0 Å². The highest BCUT2D eigenvalue weighted by molar-refractivity contribution is 7.95. The summed E-state index contributed by atoms with van der Waals surface area (Å²) in [6.07, 6.45) is 0. The number of nitrogens with zero attached hydrogens (tertiary/aromatic N) is 6. The number of phenols is 2. The molecule has 326 valence electrons. The summed E-state index contributed by atoms with van der Waals surface area (Å²) in [6, 6.07) is 28.5. The van der Waals surface area contributed by atoms with E-state index in [2.05, 4.69) is 54.7 Å². The number of phenolic OH excluding ortho intramolecular Hbond substituents is 2. The molecule has 7 aromatic carbocycles. The normalized spacial score (nSPS) is 12.0. The van der Waals surface area contributed by atoms with Gasteiger partial charge in [-0.1, -0.05) is 28.3 Å². The van der Waals surface area contributed by atoms with Gasteiger partial charge >= 0.3 is 5.97 Å². The zero-order valence-corrected chi connectivity index (χ0v) is 34.8. The quantitative estimate of drug-likeness (QED) is 0.0147. The van der Waals surface area contributed by atoms with E-state index >= 15 is 0 Å². The molecular weight excluding hydrogens is 899 g/mol. The first kappa shape index (κ1) is 44.9. The molecule has 0 atom stereocenters. The molecule has 64 heavy (non-hydrogen) atoms. The predicted octanol–water partition coefficient (Wildman–Crippen LogP) is 12.2. The molecule has 0 radical (unpaired) electrons. The number of nitrogens with one attached hydrogen (secondary N) is 1. The van der Waals surface area contributed by atoms with Crippen LogP contribution in [0, 0.1) is 0 Å². The molecule has 0 aliphatic rings. The molecule has 0 aromatic heterocycles. The van der Waals surface area contributed by atoms with Crippen LogP contribution in [0.4, 0.5) is 45.5 Å². The molecule has 0 spiro atoms. The first-order valence-electron chi connectivity index (χ1n) is 17.9. The molecule has 7 N–H and O–H groups in total. The molecule has 7 aromatic rings. The second-order valence-electron chi connectivity index (χ2n) is 12.9. The van der Waals surface area contributed by atoms with Crippen LogP contribution in [0.5, 0.6) is 17.2 Å². The summed E-state index contributed by atoms with van der Waals surface area (Å²) in [7, 11) is -3.32. The van der Waals surface area contributed by atoms with Crippen molar-refractivity contribution < 1.29 is 67.1 Å². The maximum Gasteiger partial charge on any atom is 0.335 e. The maximum absolute atomic E-state index is 12.1. The SMILES string of the molecule is COc1cc(N=Nc2c(SOOO)cc3ccc(Nc4ccc(C(=O)O)cc4)cc3c2O)c(O)cc1N=Nc1ccc(N=Nc2cccc(SOOO)c2)c2ccc(S(=O)(=O)O)cc12. The number of fused-ring (bicyclic) bond motifs is 2. The van der Waals surface area contributed by atoms with Crippen LogP contribution in [0.2, 0.25) is 0 Å². The van der Waals surface area contributed by atoms with E-state index in [0.29, 0.717) is 55.8 Å². The topological polar surface area (TPSA) is 305 Å². The highest BCUT2D eigenvalue weighted by Gasteiger charge is 2.18. The Balaban J connectivity index is 1.20. The first-order valence-corrected chi connectivity index (χ1v) is 20.8. The highest BCUT2D eigenvalue weighted by atomic mass is 32.2. The number of hydrogen-bond acceptors (Lipinski definition) is 21. The third kappa shape index (κ3) is 10.6. The lowest BCUT2D eigenvalue weighted by Gasteiger charge is -2.12. The Hall–Kier alpha value is -7.10. The largest absolute Gasteiger partial charge is 0.506 e. The molecule has 24 heteroatoms. The van der Waals surface area contributed by atoms with Crippen LogP contribution in [0.15, 0.2) is 161 Å². The minimum atomic E-state index is -4.64. The van der Waals surface area contributed by atoms with Gasteiger partial charge < -0.3 is 25.4 Å². The number of benzene rings is 7. The van der Waals surface area contributed by atoms with Crippen molar-refractivity contribution in [1.29, 1.82) is 0 Å². The molecule has 0 unspecified atom stereocenters. The maximum atomic E-state index is 12.1. The van der Waals surface area contributed by atoms with Crippen LogP contribution in [-0.4, -0.2) is 51.9 Å². The number of carboxylic acid groups (broad SMARTS) is 1. The number of aromatic carboxylic acids is 1. The molecule has 0 heterocycles. The van der Waals surface area contributed by atoms with Crippen LogP contribution in [0.25, 0.3) is 21.5 Å². The molecule has 0 amide bonds. The van der Waals surface area contributed by atoms with Crippen LogP contribution in [0.1, 0.15) is 10.4 Å². The van der Waals surface area contributed by atoms with Gasteiger partial charge in [-0.3, -0.25) is 4.55 Å². The minimum Gasteiger partial charge on any atom is -0.506 e. The highest BCUT2D eigenvalue weighted by Crippen LogP contribution is 2.47. The number of ether oxygens (including phenoxy) is 1. The number of methoxy groups -OCH3 is 1. The summed E-state index contributed by atoms with van der Waals surface area (Å²) in [6.45, 7) is 0. The van der Waals surface area contributed by atoms with Crippen LogP contribution in [-0.2, 0) is 28.9 Å². The van der Waals surface area contributed by atoms with Gasteiger partial charge in [0, 0.05) is 44.6 Å². The van der Waals surface area contributed by atoms with E-state index in [1.54, 1.807) is 66.7 Å². The Bertz CT molecular complexity index is 3100. The molecule has 0 saturated heterocycles. The van der Waals surface area contributed by atoms with Crippen molar-refractivity contribution in [2.24, 2.45) is 30.7 Å². The molecule has 7 rings (SSSR count). The molecule has 0 aliphatic heterocycles. The van der Waals surface area contributed by atoms with Gasteiger partial charge in [0.2, 0.25) is 0 Å². The molecule has 0 fully saturated rings. The average Bonchev–Trinajstić information content (AvgIpc) is 3.29. The van der Waals surface area contributed by atoms with Crippen molar-refractivity contribution in [3.05, 3.63) is 121 Å². The lowest BCUT2D eigenvalue weighted by molar-refractivity contribution is -0.432. The Morgan fingerprint density at radius 1 is 0.656 bits per heavy atom. The zero-order valence-electron chi connectivity index (χ0n) is 32.3. The van der Waals surface area contributed by atoms with Gasteiger partial charge in [-0.2, -0.15) is 13.5 Å². The Morgan fingerprint density at radius 3 is 2.06 bits per heavy atom. The van der Waals surface area contributed by atoms with E-state index in [1.807, 2.05) is 0 Å². The lowest BCUT2D eigenvalue weighted by Crippen LogP contribution is -1.97. The number of aromatic hydroxyl groups is 2. The van der Waals surface area contributed by atoms with E-state index in [9.17, 15) is 33.1 Å². The van der Waals surface area contributed by atoms with E-state index in [4.69, 9.17) is 15.3 Å². The van der Waals surface area contributed by atoms with Gasteiger partial charge in [0.1, 0.15) is 28.6 Å². The molecule has 0 saturated carbocycles. The Labute approximate surface area is 368 Å². The van der Waals surface area contributed by atoms with E-state index in [0.717, 1.165) is 12.0 Å². The van der Waals surface area contributed by atoms with Gasteiger partial charge in [-0.25, -0.2) is 15.3 Å². The average molecular weight is 928 g/mol. The fourth-order valence-electron chi connectivity index (χ4n) is 5.97. The van der Waals surface area contributed by atoms with Gasteiger partial charge in [0.25, 0.3) is 10.1 Å². The van der Waals surface area contributed by atoms with Crippen molar-refractivity contribution in [2.45, 2.75) is 14.7 Å². The number of carbonyl (C=O) groups is 1. The molecule has 0 bridgehead atoms. The smallest absolute Gasteiger partial charge is 0.335 e. The Morgan fingerprint density at radius 2 is 1.34 bits per heavy atom. The van der Waals surface area contributed by atoms with E-state index in [-0.39, 0.29) is 50.1 Å². The third-order valence-corrected chi connectivity index (χ3v) is 11.0. The number of anilines is 2. The van der Waals surface area contributed by atoms with Crippen LogP contribution >= 0.6 is 24.1 Å². The third-order valence-electron chi connectivity index (χ3n) is 8.92. The molecule has 21 nitrogen and oxygen atoms in total. The van der Waals surface area contributed by atoms with Gasteiger partial charge in [0.05, 0.1) is 63.6 Å². The summed E-state index contributed by atoms with van der Waals surface area (Å²) < 4.78 is 48.6. The summed E-state index contributed by atoms with van der Waals surface area (Å²) in [5.74, 6) is -1.83. The van der Waals surface area contributed by atoms with Crippen molar-refractivity contribution >= 4 is 107 Å². The second kappa shape index (κ2) is 19.9. The fraction of sp³-hybridized carbons (Fsp3) is 0.0250. The van der Waals surface area contributed by atoms with Crippen molar-refractivity contribution in [3.63, 3.8) is 0 Å². The first-order chi connectivity index (χ1) is 30.8. The van der Waals surface area contributed by atoms with Crippen molar-refractivity contribution in [1.82, 2.24) is 0 Å². The second-order valence-corrected chi connectivity index (χ2v) is 15.8. The molecule has 0 aliphatic carbocycles. The van der Waals surface area contributed by atoms with Gasteiger partial charge in [-0.05, 0) is 90.3 Å². The summed E-state index contributed by atoms with van der Waals surface area (Å²) in [5.41, 5.74) is 1.77. The lowest BCUT2D eigenvalue weighted by atomic mass is 10.1. The van der Waals surface area contributed by atoms with Gasteiger partial charge in [-0.15, -0.1) is 34.2 Å². The monoisotopic (exact) mass is 927 g/mol. The standard InChI is InChI=1S/C40H29N7O14S3/c1-57-36-20-33(45-47-38-37(63-61-59-53)15-22-7-10-24(17-29(22)39(38)49)41-23-8-5-21(6-9-23)40(50)51)35(48)19-34(36)46-44-32-14-13-31(28-12-11-27(18-30(28)32)64(54,55)56)43-42-25-3-2-4-26(16-25)62-60-58-52/h2-20,41,48-49,52-53H,1H3,(H,50,51)(H,54,55,56). The number of hydrogen-bond donors (Lipinski definition) is 7. The summed E-state index contributed by atoms with van der Waals surface area (Å²) >= 11 is 1.24. The Kier molecular flexibility index (Phi) is 14.0. The number of azo groups is 3. The summed E-state index contributed by atoms with van der Waals surface area (Å²) in [4.78, 5) is 11.5. The zero-order chi connectivity index (χ0) is 45.4. The van der Waals surface area contributed by atoms with E-state index < -0.39 is 26.7 Å². The number of carboxylic acids is 1. The van der Waals surface area contributed by atoms with E-state index in [1.165, 1.54) is 55.6 Å². The summed E-state index contributed by atoms with van der Waals surface area (Å²) in [5, 5.41) is 86.4. The van der Waals surface area contributed by atoms with Crippen molar-refractivity contribution in [2.75, 3.05) is 12.4 Å². The molecular formula is C40H29N7O14S3. The fourth-order valence-corrected chi connectivity index (χ4v) is 7.38. The number of rotatable bonds is 17. The van der Waals surface area contributed by atoms with Gasteiger partial charge in [0.15, 0.2) is 5.75 Å². The van der Waals surface area contributed by atoms with Crippen LogP contribution < -0.4 is 10.1 Å². The van der Waals surface area contributed by atoms with Crippen molar-refractivity contribution in [3.8, 4) is 17.2 Å². The minimum absolute atomic E-state index is 0.00560. The predicted molar refractivity (Wildman–Crippen MR) is 231 cm³/mol.